The highest BCUT2D eigenvalue weighted by Crippen LogP contribution is 2.32. The highest BCUT2D eigenvalue weighted by Gasteiger charge is 2.36. The van der Waals surface area contributed by atoms with Crippen LogP contribution in [0.5, 0.6) is 5.75 Å². The van der Waals surface area contributed by atoms with Crippen molar-refractivity contribution < 1.29 is 23.9 Å². The summed E-state index contributed by atoms with van der Waals surface area (Å²) in [6.07, 6.45) is 1.62. The average Bonchev–Trinajstić information content (AvgIpc) is 2.95. The SMILES string of the molecule is CCOC(=O)CN1C(=O)S/C(=C\c2cccc(OCc3ccc(C)cc3)c2)C1=O. The van der Waals surface area contributed by atoms with Crippen LogP contribution >= 0.6 is 11.8 Å². The van der Waals surface area contributed by atoms with Gasteiger partial charge in [-0.1, -0.05) is 42.0 Å². The number of amides is 2. The van der Waals surface area contributed by atoms with Gasteiger partial charge < -0.3 is 9.47 Å². The Bertz CT molecular complexity index is 952. The molecule has 0 spiro atoms. The number of carbonyl (C=O) groups excluding carboxylic acids is 3. The van der Waals surface area contributed by atoms with Crippen molar-refractivity contribution in [2.75, 3.05) is 13.2 Å². The van der Waals surface area contributed by atoms with Crippen LogP contribution in [0.25, 0.3) is 6.08 Å². The molecular weight excluding hydrogens is 390 g/mol. The lowest BCUT2D eigenvalue weighted by atomic mass is 10.1. The molecule has 29 heavy (non-hydrogen) atoms. The predicted molar refractivity (Wildman–Crippen MR) is 111 cm³/mol. The summed E-state index contributed by atoms with van der Waals surface area (Å²) < 4.78 is 10.6. The Morgan fingerprint density at radius 1 is 1.14 bits per heavy atom. The molecule has 0 N–H and O–H groups in total. The van der Waals surface area contributed by atoms with E-state index in [-0.39, 0.29) is 18.1 Å². The first-order chi connectivity index (χ1) is 14.0. The monoisotopic (exact) mass is 411 g/mol. The van der Waals surface area contributed by atoms with Crippen molar-refractivity contribution in [2.45, 2.75) is 20.5 Å². The largest absolute Gasteiger partial charge is 0.489 e. The summed E-state index contributed by atoms with van der Waals surface area (Å²) in [7, 11) is 0. The van der Waals surface area contributed by atoms with Gasteiger partial charge in [-0.15, -0.1) is 0 Å². The molecule has 0 radical (unpaired) electrons. The third-order valence-corrected chi connectivity index (χ3v) is 5.06. The molecule has 0 atom stereocenters. The maximum Gasteiger partial charge on any atom is 0.326 e. The van der Waals surface area contributed by atoms with Crippen LogP contribution in [0, 0.1) is 6.92 Å². The second kappa shape index (κ2) is 9.43. The third-order valence-electron chi connectivity index (χ3n) is 4.15. The smallest absolute Gasteiger partial charge is 0.326 e. The molecule has 2 aromatic carbocycles. The van der Waals surface area contributed by atoms with Crippen LogP contribution in [-0.4, -0.2) is 35.2 Å². The Balaban J connectivity index is 1.67. The molecule has 150 valence electrons. The standard InChI is InChI=1S/C22H21NO5S/c1-3-27-20(24)13-23-21(25)19(29-22(23)26)12-17-5-4-6-18(11-17)28-14-16-9-7-15(2)8-10-16/h4-12H,3,13-14H2,1-2H3/b19-12-. The highest BCUT2D eigenvalue weighted by atomic mass is 32.2. The zero-order valence-electron chi connectivity index (χ0n) is 16.2. The summed E-state index contributed by atoms with van der Waals surface area (Å²) in [5, 5.41) is -0.485. The van der Waals surface area contributed by atoms with E-state index in [1.165, 1.54) is 5.56 Å². The second-order valence-electron chi connectivity index (χ2n) is 6.42. The minimum atomic E-state index is -0.609. The van der Waals surface area contributed by atoms with Gasteiger partial charge in [-0.05, 0) is 54.9 Å². The number of thioether (sulfide) groups is 1. The first-order valence-electron chi connectivity index (χ1n) is 9.15. The molecule has 1 saturated heterocycles. The Hall–Kier alpha value is -3.06. The lowest BCUT2D eigenvalue weighted by Crippen LogP contribution is -2.34. The van der Waals surface area contributed by atoms with Crippen molar-refractivity contribution >= 4 is 35.0 Å². The number of hydrogen-bond donors (Lipinski definition) is 0. The molecule has 0 saturated carbocycles. The van der Waals surface area contributed by atoms with E-state index in [9.17, 15) is 14.4 Å². The van der Waals surface area contributed by atoms with Gasteiger partial charge in [0.2, 0.25) is 0 Å². The molecular formula is C22H21NO5S. The van der Waals surface area contributed by atoms with Crippen molar-refractivity contribution in [3.8, 4) is 5.75 Å². The first kappa shape index (κ1) is 20.7. The Morgan fingerprint density at radius 2 is 1.90 bits per heavy atom. The highest BCUT2D eigenvalue weighted by molar-refractivity contribution is 8.18. The van der Waals surface area contributed by atoms with Crippen LogP contribution in [0.2, 0.25) is 0 Å². The number of nitrogens with zero attached hydrogens (tertiary/aromatic N) is 1. The molecule has 2 amide bonds. The minimum absolute atomic E-state index is 0.195. The van der Waals surface area contributed by atoms with Crippen molar-refractivity contribution in [1.82, 2.24) is 4.90 Å². The lowest BCUT2D eigenvalue weighted by Gasteiger charge is -2.10. The van der Waals surface area contributed by atoms with Gasteiger partial charge in [0.1, 0.15) is 18.9 Å². The van der Waals surface area contributed by atoms with Crippen LogP contribution in [0.15, 0.2) is 53.4 Å². The summed E-state index contributed by atoms with van der Waals surface area (Å²) >= 11 is 0.804. The molecule has 0 unspecified atom stereocenters. The minimum Gasteiger partial charge on any atom is -0.489 e. The Morgan fingerprint density at radius 3 is 2.62 bits per heavy atom. The fourth-order valence-corrected chi connectivity index (χ4v) is 3.51. The van der Waals surface area contributed by atoms with Crippen molar-refractivity contribution in [3.63, 3.8) is 0 Å². The van der Waals surface area contributed by atoms with Gasteiger partial charge in [-0.3, -0.25) is 19.3 Å². The van der Waals surface area contributed by atoms with E-state index in [2.05, 4.69) is 0 Å². The fraction of sp³-hybridized carbons (Fsp3) is 0.227. The molecule has 1 heterocycles. The molecule has 0 bridgehead atoms. The number of benzene rings is 2. The first-order valence-corrected chi connectivity index (χ1v) is 9.97. The summed E-state index contributed by atoms with van der Waals surface area (Å²) in [4.78, 5) is 37.3. The number of carbonyl (C=O) groups is 3. The van der Waals surface area contributed by atoms with Crippen LogP contribution in [0.3, 0.4) is 0 Å². The maximum absolute atomic E-state index is 12.5. The van der Waals surface area contributed by atoms with Crippen LogP contribution in [0.4, 0.5) is 4.79 Å². The van der Waals surface area contributed by atoms with Gasteiger partial charge in [0, 0.05) is 0 Å². The molecule has 1 aliphatic heterocycles. The third kappa shape index (κ3) is 5.48. The molecule has 1 aliphatic rings. The van der Waals surface area contributed by atoms with E-state index in [1.54, 1.807) is 19.1 Å². The summed E-state index contributed by atoms with van der Waals surface area (Å²) in [5.41, 5.74) is 2.97. The van der Waals surface area contributed by atoms with E-state index in [0.717, 1.165) is 27.8 Å². The van der Waals surface area contributed by atoms with Crippen LogP contribution < -0.4 is 4.74 Å². The number of hydrogen-bond acceptors (Lipinski definition) is 6. The fourth-order valence-electron chi connectivity index (χ4n) is 2.67. The second-order valence-corrected chi connectivity index (χ2v) is 7.41. The molecule has 7 heteroatoms. The van der Waals surface area contributed by atoms with E-state index in [1.807, 2.05) is 49.4 Å². The molecule has 0 aromatic heterocycles. The van der Waals surface area contributed by atoms with E-state index in [4.69, 9.17) is 9.47 Å². The molecule has 1 fully saturated rings. The predicted octanol–water partition coefficient (Wildman–Crippen LogP) is 4.17. The number of rotatable bonds is 7. The van der Waals surface area contributed by atoms with E-state index in [0.29, 0.717) is 12.4 Å². The van der Waals surface area contributed by atoms with Crippen molar-refractivity contribution in [2.24, 2.45) is 0 Å². The van der Waals surface area contributed by atoms with Crippen molar-refractivity contribution in [3.05, 3.63) is 70.1 Å². The van der Waals surface area contributed by atoms with Gasteiger partial charge in [-0.25, -0.2) is 0 Å². The quantitative estimate of drug-likeness (QED) is 0.503. The van der Waals surface area contributed by atoms with E-state index < -0.39 is 17.1 Å². The summed E-state index contributed by atoms with van der Waals surface area (Å²) in [6.45, 7) is 3.94. The molecule has 0 aliphatic carbocycles. The zero-order chi connectivity index (χ0) is 20.8. The molecule has 2 aromatic rings. The number of aryl methyl sites for hydroxylation is 1. The average molecular weight is 411 g/mol. The Labute approximate surface area is 173 Å². The topological polar surface area (TPSA) is 72.9 Å². The summed E-state index contributed by atoms with van der Waals surface area (Å²) in [5.74, 6) is -0.452. The van der Waals surface area contributed by atoms with Gasteiger partial charge in [0.05, 0.1) is 11.5 Å². The van der Waals surface area contributed by atoms with Crippen molar-refractivity contribution in [1.29, 1.82) is 0 Å². The zero-order valence-corrected chi connectivity index (χ0v) is 17.0. The van der Waals surface area contributed by atoms with Gasteiger partial charge in [0.15, 0.2) is 0 Å². The van der Waals surface area contributed by atoms with Gasteiger partial charge in [0.25, 0.3) is 11.1 Å². The van der Waals surface area contributed by atoms with Gasteiger partial charge >= 0.3 is 5.97 Å². The number of esters is 1. The molecule has 3 rings (SSSR count). The Kier molecular flexibility index (Phi) is 6.72. The maximum atomic E-state index is 12.5. The number of imide groups is 1. The molecule has 6 nitrogen and oxygen atoms in total. The summed E-state index contributed by atoms with van der Waals surface area (Å²) in [6, 6.07) is 15.4. The normalized spacial score (nSPS) is 15.1. The lowest BCUT2D eigenvalue weighted by molar-refractivity contribution is -0.145. The van der Waals surface area contributed by atoms with Crippen LogP contribution in [0.1, 0.15) is 23.6 Å². The van der Waals surface area contributed by atoms with Gasteiger partial charge in [-0.2, -0.15) is 0 Å². The number of ether oxygens (including phenoxy) is 2. The van der Waals surface area contributed by atoms with E-state index >= 15 is 0 Å². The van der Waals surface area contributed by atoms with Crippen LogP contribution in [-0.2, 0) is 20.9 Å².